The van der Waals surface area contributed by atoms with Crippen molar-refractivity contribution in [3.05, 3.63) is 30.3 Å². The van der Waals surface area contributed by atoms with Gasteiger partial charge in [-0.1, -0.05) is 29.8 Å². The van der Waals surface area contributed by atoms with Crippen LogP contribution in [0.15, 0.2) is 40.6 Å². The van der Waals surface area contributed by atoms with Crippen LogP contribution in [0.5, 0.6) is 0 Å². The van der Waals surface area contributed by atoms with Gasteiger partial charge in [-0.3, -0.25) is 9.59 Å². The molecule has 0 aliphatic carbocycles. The van der Waals surface area contributed by atoms with Crippen LogP contribution in [0, 0.1) is 0 Å². The topological polar surface area (TPSA) is 58.9 Å². The molecule has 5 heteroatoms. The van der Waals surface area contributed by atoms with Crippen molar-refractivity contribution in [1.29, 1.82) is 0 Å². The monoisotopic (exact) mass is 238 g/mol. The first-order valence-electron chi connectivity index (χ1n) is 4.66. The fraction of sp³-hybridized carbons (Fsp3) is 0.273. The van der Waals surface area contributed by atoms with Crippen molar-refractivity contribution in [2.75, 3.05) is 0 Å². The zero-order valence-electron chi connectivity index (χ0n) is 8.98. The lowest BCUT2D eigenvalue weighted by Crippen LogP contribution is -2.35. The van der Waals surface area contributed by atoms with Crippen LogP contribution in [0.25, 0.3) is 0 Å². The molecule has 0 bridgehead atoms. The van der Waals surface area contributed by atoms with Crippen molar-refractivity contribution in [3.8, 4) is 0 Å². The van der Waals surface area contributed by atoms with E-state index < -0.39 is 16.6 Å². The van der Waals surface area contributed by atoms with E-state index in [-0.39, 0.29) is 0 Å². The first-order valence-corrected chi connectivity index (χ1v) is 5.03. The summed E-state index contributed by atoms with van der Waals surface area (Å²) in [4.78, 5) is 20.6. The van der Waals surface area contributed by atoms with Gasteiger partial charge >= 0.3 is 0 Å². The lowest BCUT2D eigenvalue weighted by atomic mass is 10.1. The van der Waals surface area contributed by atoms with Crippen molar-refractivity contribution in [1.82, 2.24) is 0 Å². The van der Waals surface area contributed by atoms with Gasteiger partial charge in [-0.25, -0.2) is 0 Å². The van der Waals surface area contributed by atoms with Gasteiger partial charge in [0.05, 0.1) is 5.69 Å². The van der Waals surface area contributed by atoms with E-state index in [9.17, 15) is 9.59 Å². The average Bonchev–Trinajstić information content (AvgIpc) is 2.26. The molecule has 1 rings (SSSR count). The standard InChI is InChI=1S/C11H11ClN2O2/c1-8(15)11(12,9(2)16)14-13-10-6-4-3-5-7-10/h3-7H,1-2H3. The predicted octanol–water partition coefficient (Wildman–Crippen LogP) is 2.88. The maximum absolute atomic E-state index is 11.2. The Morgan fingerprint density at radius 1 is 1.12 bits per heavy atom. The quantitative estimate of drug-likeness (QED) is 0.350. The van der Waals surface area contributed by atoms with Crippen LogP contribution in [-0.2, 0) is 9.59 Å². The number of Topliss-reactive ketones (excluding diaryl/α,β-unsaturated/α-hetero) is 2. The first kappa shape index (κ1) is 12.5. The first-order chi connectivity index (χ1) is 7.47. The lowest BCUT2D eigenvalue weighted by molar-refractivity contribution is -0.128. The minimum Gasteiger partial charge on any atom is -0.295 e. The Bertz CT molecular complexity index is 415. The minimum atomic E-state index is -1.89. The Morgan fingerprint density at radius 2 is 1.62 bits per heavy atom. The molecule has 0 unspecified atom stereocenters. The summed E-state index contributed by atoms with van der Waals surface area (Å²) in [5.41, 5.74) is 0.537. The van der Waals surface area contributed by atoms with Crippen LogP contribution in [-0.4, -0.2) is 16.6 Å². The summed E-state index contributed by atoms with van der Waals surface area (Å²) >= 11 is 5.80. The van der Waals surface area contributed by atoms with E-state index >= 15 is 0 Å². The number of benzene rings is 1. The third-order valence-electron chi connectivity index (χ3n) is 1.99. The molecule has 84 valence electrons. The Balaban J connectivity index is 2.98. The van der Waals surface area contributed by atoms with Crippen LogP contribution in [0.2, 0.25) is 0 Å². The fourth-order valence-electron chi connectivity index (χ4n) is 1.01. The molecule has 0 atom stereocenters. The number of ketones is 2. The van der Waals surface area contributed by atoms with Crippen LogP contribution in [0.3, 0.4) is 0 Å². The molecule has 0 saturated carbocycles. The molecule has 16 heavy (non-hydrogen) atoms. The molecule has 0 radical (unpaired) electrons. The fourth-order valence-corrected chi connectivity index (χ4v) is 1.05. The third kappa shape index (κ3) is 2.73. The summed E-state index contributed by atoms with van der Waals surface area (Å²) < 4.78 is 0. The van der Waals surface area contributed by atoms with Gasteiger partial charge in [0.25, 0.3) is 5.00 Å². The van der Waals surface area contributed by atoms with Gasteiger partial charge in [-0.2, -0.15) is 5.11 Å². The highest BCUT2D eigenvalue weighted by Crippen LogP contribution is 2.23. The van der Waals surface area contributed by atoms with Gasteiger partial charge in [0.15, 0.2) is 11.6 Å². The van der Waals surface area contributed by atoms with E-state index in [1.165, 1.54) is 13.8 Å². The van der Waals surface area contributed by atoms with Crippen LogP contribution in [0.1, 0.15) is 13.8 Å². The molecule has 4 nitrogen and oxygen atoms in total. The summed E-state index contributed by atoms with van der Waals surface area (Å²) in [6.07, 6.45) is 0. The second kappa shape index (κ2) is 4.99. The minimum absolute atomic E-state index is 0.537. The highest BCUT2D eigenvalue weighted by molar-refractivity contribution is 6.46. The molecule has 0 aliphatic heterocycles. The van der Waals surface area contributed by atoms with Crippen LogP contribution in [0.4, 0.5) is 5.69 Å². The maximum atomic E-state index is 11.2. The van der Waals surface area contributed by atoms with Gasteiger partial charge in [0.1, 0.15) is 0 Å². The maximum Gasteiger partial charge on any atom is 0.269 e. The molecule has 0 saturated heterocycles. The second-order valence-electron chi connectivity index (χ2n) is 3.27. The highest BCUT2D eigenvalue weighted by Gasteiger charge is 2.38. The third-order valence-corrected chi connectivity index (χ3v) is 2.60. The smallest absolute Gasteiger partial charge is 0.269 e. The Hall–Kier alpha value is -1.55. The van der Waals surface area contributed by atoms with Gasteiger partial charge in [-0.15, -0.1) is 5.11 Å². The molecule has 0 aliphatic rings. The largest absolute Gasteiger partial charge is 0.295 e. The lowest BCUT2D eigenvalue weighted by Gasteiger charge is -2.13. The van der Waals surface area contributed by atoms with Gasteiger partial charge in [0, 0.05) is 0 Å². The Labute approximate surface area is 98.3 Å². The normalized spacial score (nSPS) is 11.7. The van der Waals surface area contributed by atoms with Gasteiger partial charge in [0.2, 0.25) is 0 Å². The number of azo groups is 1. The second-order valence-corrected chi connectivity index (χ2v) is 3.82. The molecule has 0 aromatic heterocycles. The molecule has 0 fully saturated rings. The number of hydrogen-bond acceptors (Lipinski definition) is 4. The van der Waals surface area contributed by atoms with E-state index in [2.05, 4.69) is 10.2 Å². The molecule has 0 N–H and O–H groups in total. The van der Waals surface area contributed by atoms with Crippen molar-refractivity contribution in [3.63, 3.8) is 0 Å². The van der Waals surface area contributed by atoms with Crippen LogP contribution >= 0.6 is 11.6 Å². The molecule has 0 spiro atoms. The predicted molar refractivity (Wildman–Crippen MR) is 60.9 cm³/mol. The van der Waals surface area contributed by atoms with Crippen LogP contribution < -0.4 is 0 Å². The molecular formula is C11H11ClN2O2. The van der Waals surface area contributed by atoms with E-state index in [4.69, 9.17) is 11.6 Å². The van der Waals surface area contributed by atoms with E-state index in [0.717, 1.165) is 0 Å². The highest BCUT2D eigenvalue weighted by atomic mass is 35.5. The van der Waals surface area contributed by atoms with Crippen molar-refractivity contribution < 1.29 is 9.59 Å². The SMILES string of the molecule is CC(=O)C(Cl)(N=Nc1ccccc1)C(C)=O. The van der Waals surface area contributed by atoms with Crippen molar-refractivity contribution in [2.24, 2.45) is 10.2 Å². The number of carbonyl (C=O) groups is 2. The number of nitrogens with zero attached hydrogens (tertiary/aromatic N) is 2. The van der Waals surface area contributed by atoms with E-state index in [0.29, 0.717) is 5.69 Å². The van der Waals surface area contributed by atoms with E-state index in [1.807, 2.05) is 6.07 Å². The molecule has 1 aromatic rings. The number of halogens is 1. The summed E-state index contributed by atoms with van der Waals surface area (Å²) in [6, 6.07) is 8.75. The van der Waals surface area contributed by atoms with E-state index in [1.54, 1.807) is 24.3 Å². The zero-order chi connectivity index (χ0) is 12.2. The Kier molecular flexibility index (Phi) is 3.90. The molecule has 1 aromatic carbocycles. The number of alkyl halides is 1. The number of hydrogen-bond donors (Lipinski definition) is 0. The van der Waals surface area contributed by atoms with Gasteiger partial charge < -0.3 is 0 Å². The van der Waals surface area contributed by atoms with Crippen molar-refractivity contribution in [2.45, 2.75) is 18.8 Å². The Morgan fingerprint density at radius 3 is 2.06 bits per heavy atom. The zero-order valence-corrected chi connectivity index (χ0v) is 9.73. The summed E-state index contributed by atoms with van der Waals surface area (Å²) in [6.45, 7) is 2.41. The van der Waals surface area contributed by atoms with Crippen molar-refractivity contribution >= 4 is 28.9 Å². The summed E-state index contributed by atoms with van der Waals surface area (Å²) in [7, 11) is 0. The molecular weight excluding hydrogens is 228 g/mol. The average molecular weight is 239 g/mol. The molecule has 0 heterocycles. The summed E-state index contributed by atoms with van der Waals surface area (Å²) in [5.74, 6) is -1.08. The number of rotatable bonds is 4. The molecule has 0 amide bonds. The van der Waals surface area contributed by atoms with Gasteiger partial charge in [-0.05, 0) is 26.0 Å². The summed E-state index contributed by atoms with van der Waals surface area (Å²) in [5, 5.41) is 7.39. The number of carbonyl (C=O) groups excluding carboxylic acids is 2.